The Morgan fingerprint density at radius 2 is 0.203 bits per heavy atom. The molecule has 0 radical (unpaired) electrons. The molecule has 69 heavy (non-hydrogen) atoms. The zero-order valence-corrected chi connectivity index (χ0v) is 50.8. The van der Waals surface area contributed by atoms with E-state index in [0.29, 0.717) is 0 Å². The van der Waals surface area contributed by atoms with Crippen LogP contribution in [0.3, 0.4) is 0 Å². The van der Waals surface area contributed by atoms with Crippen molar-refractivity contribution in [3.63, 3.8) is 0 Å². The molecule has 0 aromatic carbocycles. The van der Waals surface area contributed by atoms with Crippen LogP contribution < -0.4 is 0 Å². The Bertz CT molecular complexity index is 722. The Morgan fingerprint density at radius 3 is 0.304 bits per heavy atom. The van der Waals surface area contributed by atoms with E-state index in [4.69, 9.17) is 0 Å². The Hall–Kier alpha value is 0.430. The monoisotopic (exact) mass is 989 g/mol. The first-order chi connectivity index (χ1) is 34.2. The molecule has 0 aliphatic rings. The smallest absolute Gasteiger partial charge is 0.0654 e. The fourth-order valence-electron chi connectivity index (χ4n) is 12.2. The topological polar surface area (TPSA) is 0 Å². The molecule has 0 fully saturated rings. The van der Waals surface area contributed by atoms with Gasteiger partial charge < -0.3 is 0 Å². The third-order valence-corrected chi connectivity index (χ3v) is 22.9. The zero-order chi connectivity index (χ0) is 49.8. The molecule has 1 heteroatoms. The second kappa shape index (κ2) is 62.7. The molecule has 0 spiro atoms. The minimum atomic E-state index is -1.22. The molecule has 0 heterocycles. The summed E-state index contributed by atoms with van der Waals surface area (Å²) in [6, 6.07) is 0. The van der Waals surface area contributed by atoms with E-state index in [0.717, 1.165) is 0 Å². The van der Waals surface area contributed by atoms with Gasteiger partial charge in [-0.15, -0.1) is 0 Å². The third-order valence-electron chi connectivity index (χ3n) is 17.2. The summed E-state index contributed by atoms with van der Waals surface area (Å²) in [6.45, 7) is 9.34. The van der Waals surface area contributed by atoms with E-state index in [-0.39, 0.29) is 0 Å². The van der Waals surface area contributed by atoms with Crippen LogP contribution in [0.2, 0.25) is 0 Å². The Morgan fingerprint density at radius 1 is 0.116 bits per heavy atom. The molecular formula is C68H141P. The molecule has 0 saturated heterocycles. The average molecular weight is 990 g/mol. The molecule has 0 unspecified atom stereocenters. The van der Waals surface area contributed by atoms with Crippen LogP contribution in [0.1, 0.15) is 413 Å². The summed E-state index contributed by atoms with van der Waals surface area (Å²) in [5.74, 6) is 0. The van der Waals surface area contributed by atoms with Gasteiger partial charge in [0.05, 0.1) is 0 Å². The van der Waals surface area contributed by atoms with Crippen LogP contribution in [0.4, 0.5) is 0 Å². The number of hydrogen-bond donors (Lipinski definition) is 0. The summed E-state index contributed by atoms with van der Waals surface area (Å²) in [7, 11) is -1.22. The normalized spacial score (nSPS) is 12.2. The van der Waals surface area contributed by atoms with Crippen LogP contribution in [0, 0.1) is 0 Å². The predicted octanol–water partition coefficient (Wildman–Crippen LogP) is 26.2. The van der Waals surface area contributed by atoms with Crippen molar-refractivity contribution in [2.24, 2.45) is 0 Å². The van der Waals surface area contributed by atoms with Crippen molar-refractivity contribution >= 4 is 7.26 Å². The van der Waals surface area contributed by atoms with Crippen LogP contribution in [0.25, 0.3) is 0 Å². The van der Waals surface area contributed by atoms with Gasteiger partial charge in [-0.05, 0) is 0 Å². The van der Waals surface area contributed by atoms with Gasteiger partial charge in [0, 0.05) is 0 Å². The van der Waals surface area contributed by atoms with Crippen molar-refractivity contribution in [2.45, 2.75) is 413 Å². The summed E-state index contributed by atoms with van der Waals surface area (Å²) in [6.07, 6.45) is 96.6. The predicted molar refractivity (Wildman–Crippen MR) is 327 cm³/mol. The molecule has 0 N–H and O–H groups in total. The van der Waals surface area contributed by atoms with Gasteiger partial charge in [0.2, 0.25) is 0 Å². The van der Waals surface area contributed by atoms with Crippen LogP contribution in [0.15, 0.2) is 0 Å². The molecule has 0 aromatic heterocycles. The van der Waals surface area contributed by atoms with E-state index in [1.807, 2.05) is 0 Å². The van der Waals surface area contributed by atoms with Gasteiger partial charge in [-0.1, -0.05) is 130 Å². The molecule has 0 nitrogen and oxygen atoms in total. The van der Waals surface area contributed by atoms with E-state index in [9.17, 15) is 0 Å². The molecule has 418 valence electrons. The van der Waals surface area contributed by atoms with Crippen LogP contribution in [-0.2, 0) is 0 Å². The minimum absolute atomic E-state index is 1.22. The molecule has 0 aliphatic heterocycles. The zero-order valence-electron chi connectivity index (χ0n) is 49.8. The van der Waals surface area contributed by atoms with E-state index >= 15 is 0 Å². The van der Waals surface area contributed by atoms with Gasteiger partial charge in [-0.2, -0.15) is 0 Å². The van der Waals surface area contributed by atoms with Crippen molar-refractivity contribution in [2.75, 3.05) is 24.6 Å². The second-order valence-corrected chi connectivity index (χ2v) is 29.3. The molecule has 0 aromatic rings. The summed E-state index contributed by atoms with van der Waals surface area (Å²) < 4.78 is 0. The van der Waals surface area contributed by atoms with Gasteiger partial charge in [-0.3, -0.25) is 0 Å². The first kappa shape index (κ1) is 69.4. The minimum Gasteiger partial charge on any atom is -0.0654 e. The fraction of sp³-hybridized carbons (Fsp3) is 1.00. The van der Waals surface area contributed by atoms with Crippen LogP contribution >= 0.6 is 7.26 Å². The molecule has 0 bridgehead atoms. The Labute approximate surface area is 442 Å². The van der Waals surface area contributed by atoms with Crippen LogP contribution in [-0.4, -0.2) is 24.6 Å². The van der Waals surface area contributed by atoms with E-state index in [1.165, 1.54) is 334 Å². The number of hydrogen-bond acceptors (Lipinski definition) is 0. The Kier molecular flexibility index (Phi) is 63.1. The van der Waals surface area contributed by atoms with Crippen molar-refractivity contribution < 1.29 is 0 Å². The number of unbranched alkanes of at least 4 members (excludes halogenated alkanes) is 56. The van der Waals surface area contributed by atoms with Gasteiger partial charge in [0.15, 0.2) is 0 Å². The van der Waals surface area contributed by atoms with E-state index in [2.05, 4.69) is 27.7 Å². The molecule has 0 aliphatic carbocycles. The summed E-state index contributed by atoms with van der Waals surface area (Å²) >= 11 is 0. The van der Waals surface area contributed by atoms with Crippen molar-refractivity contribution in [1.82, 2.24) is 0 Å². The molecule has 0 atom stereocenters. The SMILES string of the molecule is CCCCCCCCCCCCCCCCC[PH](CCCCCCCCCCCCCCCCC)(CCCCCCCCCCCCCCCCC)CCCCCCCCCCCCCCCCC. The summed E-state index contributed by atoms with van der Waals surface area (Å²) in [5.41, 5.74) is 0. The summed E-state index contributed by atoms with van der Waals surface area (Å²) in [5, 5.41) is 0. The maximum atomic E-state index is 2.34. The molecular weight excluding hydrogens is 848 g/mol. The fourth-order valence-corrected chi connectivity index (χ4v) is 17.7. The Balaban J connectivity index is 4.95. The van der Waals surface area contributed by atoms with Crippen molar-refractivity contribution in [1.29, 1.82) is 0 Å². The first-order valence-electron chi connectivity index (χ1n) is 34.2. The average Bonchev–Trinajstić information content (AvgIpc) is 3.36. The standard InChI is InChI=1S/C68H141P/c1-5-9-13-17-21-25-29-33-37-41-45-49-53-57-61-65-69(66-62-58-54-50-46-42-38-34-30-26-22-18-14-10-6-2,67-63-59-55-51-47-43-39-35-31-27-23-19-15-11-7-3)68-64-60-56-52-48-44-40-36-32-28-24-20-16-12-8-4/h69H,5-68H2,1-4H3. The van der Waals surface area contributed by atoms with Gasteiger partial charge in [0.1, 0.15) is 0 Å². The van der Waals surface area contributed by atoms with E-state index < -0.39 is 7.26 Å². The van der Waals surface area contributed by atoms with Gasteiger partial charge in [-0.25, -0.2) is 0 Å². The molecule has 0 amide bonds. The van der Waals surface area contributed by atoms with Crippen molar-refractivity contribution in [3.05, 3.63) is 0 Å². The molecule has 0 saturated carbocycles. The van der Waals surface area contributed by atoms with Crippen LogP contribution in [0.5, 0.6) is 0 Å². The van der Waals surface area contributed by atoms with Crippen molar-refractivity contribution in [3.8, 4) is 0 Å². The van der Waals surface area contributed by atoms with Gasteiger partial charge >= 0.3 is 314 Å². The third kappa shape index (κ3) is 57.6. The second-order valence-electron chi connectivity index (χ2n) is 24.3. The van der Waals surface area contributed by atoms with E-state index in [1.54, 1.807) is 76.0 Å². The maximum absolute atomic E-state index is 2.34. The van der Waals surface area contributed by atoms with Gasteiger partial charge in [0.25, 0.3) is 0 Å². The summed E-state index contributed by atoms with van der Waals surface area (Å²) in [4.78, 5) is 0. The number of rotatable bonds is 64. The quantitative estimate of drug-likeness (QED) is 0.0421. The first-order valence-corrected chi connectivity index (χ1v) is 37.1. The molecule has 0 rings (SSSR count).